The van der Waals surface area contributed by atoms with Crippen LogP contribution in [0.15, 0.2) is 30.6 Å². The molecule has 0 aliphatic rings. The Morgan fingerprint density at radius 3 is 2.82 bits per heavy atom. The van der Waals surface area contributed by atoms with Crippen LogP contribution in [0, 0.1) is 21.4 Å². The van der Waals surface area contributed by atoms with E-state index < -0.39 is 16.5 Å². The van der Waals surface area contributed by atoms with Gasteiger partial charge in [0.1, 0.15) is 22.9 Å². The van der Waals surface area contributed by atoms with Crippen molar-refractivity contribution in [1.82, 2.24) is 15.0 Å². The molecule has 1 atom stereocenters. The van der Waals surface area contributed by atoms with E-state index in [4.69, 9.17) is 11.6 Å². The highest BCUT2D eigenvalue weighted by Gasteiger charge is 2.31. The summed E-state index contributed by atoms with van der Waals surface area (Å²) in [7, 11) is 0. The molecule has 3 aromatic rings. The average Bonchev–Trinajstić information content (AvgIpc) is 2.91. The third-order valence-corrected chi connectivity index (χ3v) is 4.33. The summed E-state index contributed by atoms with van der Waals surface area (Å²) in [6.45, 7) is 0. The number of hydrogen-bond acceptors (Lipinski definition) is 7. The molecule has 2 heterocycles. The van der Waals surface area contributed by atoms with Crippen molar-refractivity contribution in [2.45, 2.75) is 5.92 Å². The lowest BCUT2D eigenvalue weighted by Crippen LogP contribution is -2.07. The summed E-state index contributed by atoms with van der Waals surface area (Å²) in [5.41, 5.74) is 0.215. The molecule has 0 N–H and O–H groups in total. The number of nitro groups is 1. The van der Waals surface area contributed by atoms with Crippen molar-refractivity contribution in [3.63, 3.8) is 0 Å². The van der Waals surface area contributed by atoms with Gasteiger partial charge in [-0.25, -0.2) is 15.0 Å². The maximum absolute atomic E-state index is 11.2. The number of halogens is 1. The molecule has 7 nitrogen and oxygen atoms in total. The molecular weight excluding hydrogens is 326 g/mol. The van der Waals surface area contributed by atoms with Gasteiger partial charge in [-0.15, -0.1) is 11.3 Å². The highest BCUT2D eigenvalue weighted by molar-refractivity contribution is 7.18. The van der Waals surface area contributed by atoms with Crippen LogP contribution in [0.5, 0.6) is 0 Å². The van der Waals surface area contributed by atoms with Gasteiger partial charge < -0.3 is 0 Å². The van der Waals surface area contributed by atoms with E-state index in [1.165, 1.54) is 11.3 Å². The van der Waals surface area contributed by atoms with Crippen molar-refractivity contribution in [2.24, 2.45) is 0 Å². The van der Waals surface area contributed by atoms with Gasteiger partial charge in [0.05, 0.1) is 21.2 Å². The van der Waals surface area contributed by atoms with Gasteiger partial charge >= 0.3 is 5.69 Å². The lowest BCUT2D eigenvalue weighted by molar-refractivity contribution is -0.386. The molecule has 1 aromatic carbocycles. The Labute approximate surface area is 133 Å². The lowest BCUT2D eigenvalue weighted by atomic mass is 10.1. The molecule has 0 bridgehead atoms. The summed E-state index contributed by atoms with van der Waals surface area (Å²) in [6.07, 6.45) is 1.10. The SMILES string of the molecule is N#CC(c1nc2ccccc2s1)c1ncnc(Cl)c1[N+](=O)[O-]. The van der Waals surface area contributed by atoms with E-state index in [1.54, 1.807) is 0 Å². The average molecular weight is 332 g/mol. The van der Waals surface area contributed by atoms with Crippen molar-refractivity contribution in [3.05, 3.63) is 56.6 Å². The first-order chi connectivity index (χ1) is 10.6. The van der Waals surface area contributed by atoms with Crippen molar-refractivity contribution in [3.8, 4) is 6.07 Å². The summed E-state index contributed by atoms with van der Waals surface area (Å²) in [5.74, 6) is -0.974. The molecule has 0 spiro atoms. The van der Waals surface area contributed by atoms with E-state index in [2.05, 4.69) is 15.0 Å². The van der Waals surface area contributed by atoms with Crippen molar-refractivity contribution in [2.75, 3.05) is 0 Å². The number of nitrogens with zero attached hydrogens (tertiary/aromatic N) is 5. The number of nitriles is 1. The molecule has 0 aliphatic carbocycles. The van der Waals surface area contributed by atoms with Gasteiger partial charge in [-0.05, 0) is 12.1 Å². The molecule has 0 saturated carbocycles. The van der Waals surface area contributed by atoms with E-state index in [-0.39, 0.29) is 10.8 Å². The zero-order valence-electron chi connectivity index (χ0n) is 10.8. The third-order valence-electron chi connectivity index (χ3n) is 2.95. The minimum atomic E-state index is -0.974. The number of hydrogen-bond donors (Lipinski definition) is 0. The fourth-order valence-electron chi connectivity index (χ4n) is 2.00. The molecular formula is C13H6ClN5O2S. The number of thiazole rings is 1. The quantitative estimate of drug-likeness (QED) is 0.414. The van der Waals surface area contributed by atoms with E-state index >= 15 is 0 Å². The monoisotopic (exact) mass is 331 g/mol. The van der Waals surface area contributed by atoms with Crippen LogP contribution in [0.1, 0.15) is 16.6 Å². The second kappa shape index (κ2) is 5.63. The van der Waals surface area contributed by atoms with Crippen molar-refractivity contribution >= 4 is 38.8 Å². The molecule has 9 heteroatoms. The highest BCUT2D eigenvalue weighted by Crippen LogP contribution is 2.36. The minimum absolute atomic E-state index is 0.0495. The van der Waals surface area contributed by atoms with Crippen molar-refractivity contribution < 1.29 is 4.92 Å². The summed E-state index contributed by atoms with van der Waals surface area (Å²) < 4.78 is 0.889. The predicted octanol–water partition coefficient (Wildman–Crippen LogP) is 3.30. The fourth-order valence-corrected chi connectivity index (χ4v) is 3.22. The third kappa shape index (κ3) is 2.36. The standard InChI is InChI=1S/C13H6ClN5O2S/c14-12-11(19(20)21)10(16-6-17-12)7(5-15)13-18-8-3-1-2-4-9(8)22-13/h1-4,6-7H. The van der Waals surface area contributed by atoms with Crippen LogP contribution in [0.4, 0.5) is 5.69 Å². The van der Waals surface area contributed by atoms with Gasteiger partial charge in [-0.1, -0.05) is 23.7 Å². The normalized spacial score (nSPS) is 12.0. The van der Waals surface area contributed by atoms with Crippen LogP contribution in [-0.2, 0) is 0 Å². The Balaban J connectivity index is 2.19. The molecule has 0 fully saturated rings. The maximum atomic E-state index is 11.2. The topological polar surface area (TPSA) is 106 Å². The van der Waals surface area contributed by atoms with Gasteiger partial charge in [0.25, 0.3) is 0 Å². The minimum Gasteiger partial charge on any atom is -0.258 e. The Hall–Kier alpha value is -2.63. The van der Waals surface area contributed by atoms with E-state index in [1.807, 2.05) is 30.3 Å². The molecule has 22 heavy (non-hydrogen) atoms. The maximum Gasteiger partial charge on any atom is 0.329 e. The number of benzene rings is 1. The van der Waals surface area contributed by atoms with Crippen LogP contribution in [0.25, 0.3) is 10.2 Å². The van der Waals surface area contributed by atoms with Crippen LogP contribution < -0.4 is 0 Å². The second-order valence-corrected chi connectivity index (χ2v) is 5.66. The van der Waals surface area contributed by atoms with Crippen LogP contribution >= 0.6 is 22.9 Å². The summed E-state index contributed by atoms with van der Waals surface area (Å²) in [4.78, 5) is 22.3. The first-order valence-electron chi connectivity index (χ1n) is 6.01. The largest absolute Gasteiger partial charge is 0.329 e. The zero-order chi connectivity index (χ0) is 15.7. The van der Waals surface area contributed by atoms with Gasteiger partial charge in [0.15, 0.2) is 0 Å². The van der Waals surface area contributed by atoms with Gasteiger partial charge in [0.2, 0.25) is 5.15 Å². The van der Waals surface area contributed by atoms with Crippen LogP contribution in [0.3, 0.4) is 0 Å². The second-order valence-electron chi connectivity index (χ2n) is 4.24. The van der Waals surface area contributed by atoms with Gasteiger partial charge in [-0.2, -0.15) is 5.26 Å². The molecule has 1 unspecified atom stereocenters. The zero-order valence-corrected chi connectivity index (χ0v) is 12.4. The molecule has 0 saturated heterocycles. The van der Waals surface area contributed by atoms with E-state index in [0.717, 1.165) is 16.5 Å². The first-order valence-corrected chi connectivity index (χ1v) is 7.21. The summed E-state index contributed by atoms with van der Waals surface area (Å²) >= 11 is 7.06. The summed E-state index contributed by atoms with van der Waals surface area (Å²) in [6, 6.07) is 9.38. The highest BCUT2D eigenvalue weighted by atomic mass is 35.5. The first kappa shape index (κ1) is 14.3. The van der Waals surface area contributed by atoms with Gasteiger partial charge in [0, 0.05) is 0 Å². The Morgan fingerprint density at radius 2 is 2.14 bits per heavy atom. The van der Waals surface area contributed by atoms with Gasteiger partial charge in [-0.3, -0.25) is 10.1 Å². The fraction of sp³-hybridized carbons (Fsp3) is 0.0769. The number of rotatable bonds is 3. The number of fused-ring (bicyclic) bond motifs is 1. The van der Waals surface area contributed by atoms with E-state index in [0.29, 0.717) is 5.01 Å². The van der Waals surface area contributed by atoms with Crippen molar-refractivity contribution in [1.29, 1.82) is 5.26 Å². The molecule has 108 valence electrons. The lowest BCUT2D eigenvalue weighted by Gasteiger charge is -2.06. The molecule has 0 radical (unpaired) electrons. The molecule has 3 rings (SSSR count). The van der Waals surface area contributed by atoms with Crippen LogP contribution in [-0.4, -0.2) is 19.9 Å². The molecule has 0 aliphatic heterocycles. The smallest absolute Gasteiger partial charge is 0.258 e. The van der Waals surface area contributed by atoms with E-state index in [9.17, 15) is 15.4 Å². The molecule has 0 amide bonds. The Morgan fingerprint density at radius 1 is 1.36 bits per heavy atom. The molecule has 2 aromatic heterocycles. The van der Waals surface area contributed by atoms with Crippen LogP contribution in [0.2, 0.25) is 5.15 Å². The number of para-hydroxylation sites is 1. The Kier molecular flexibility index (Phi) is 3.66. The predicted molar refractivity (Wildman–Crippen MR) is 80.8 cm³/mol. The summed E-state index contributed by atoms with van der Waals surface area (Å²) in [5, 5.41) is 20.8. The Bertz CT molecular complexity index is 887. The number of aromatic nitrogens is 3.